The highest BCUT2D eigenvalue weighted by molar-refractivity contribution is 6.31. The first-order valence-corrected chi connectivity index (χ1v) is 9.17. The Morgan fingerprint density at radius 3 is 2.22 bits per heavy atom. The lowest BCUT2D eigenvalue weighted by molar-refractivity contribution is -0.143. The second-order valence-corrected chi connectivity index (χ2v) is 7.20. The Balaban J connectivity index is 1.92. The van der Waals surface area contributed by atoms with Crippen LogP contribution in [0.5, 0.6) is 5.75 Å². The van der Waals surface area contributed by atoms with Crippen LogP contribution < -0.4 is 4.90 Å². The van der Waals surface area contributed by atoms with E-state index in [4.69, 9.17) is 11.6 Å². The van der Waals surface area contributed by atoms with Crippen LogP contribution >= 0.6 is 11.6 Å². The number of nitrogens with zero attached hydrogens (tertiary/aromatic N) is 3. The standard InChI is InChI=1S/C20H14ClF6N3O2/c1-29(11-4-6-14(21)13(8-11)19(22,23)24)18(32)10-3-5-12(16(31)7-10)15-9-17(20(25,26)27)30(2)28-15/h3-9,31H,1-2H3. The smallest absolute Gasteiger partial charge is 0.433 e. The summed E-state index contributed by atoms with van der Waals surface area (Å²) in [6.07, 6.45) is -9.38. The molecular weight excluding hydrogens is 464 g/mol. The number of hydrogen-bond acceptors (Lipinski definition) is 3. The summed E-state index contributed by atoms with van der Waals surface area (Å²) in [4.78, 5) is 13.6. The minimum Gasteiger partial charge on any atom is -0.507 e. The van der Waals surface area contributed by atoms with Crippen LogP contribution in [0.15, 0.2) is 42.5 Å². The van der Waals surface area contributed by atoms with E-state index < -0.39 is 40.3 Å². The van der Waals surface area contributed by atoms with Crippen molar-refractivity contribution in [2.24, 2.45) is 7.05 Å². The van der Waals surface area contributed by atoms with E-state index in [-0.39, 0.29) is 22.5 Å². The van der Waals surface area contributed by atoms with Crippen molar-refractivity contribution in [3.8, 4) is 17.0 Å². The molecule has 0 aliphatic carbocycles. The maximum Gasteiger partial charge on any atom is 0.433 e. The van der Waals surface area contributed by atoms with Gasteiger partial charge in [-0.15, -0.1) is 0 Å². The summed E-state index contributed by atoms with van der Waals surface area (Å²) < 4.78 is 78.8. The molecule has 1 N–H and O–H groups in total. The molecule has 32 heavy (non-hydrogen) atoms. The van der Waals surface area contributed by atoms with Crippen molar-refractivity contribution in [2.75, 3.05) is 11.9 Å². The van der Waals surface area contributed by atoms with Crippen LogP contribution in [0, 0.1) is 0 Å². The van der Waals surface area contributed by atoms with Crippen LogP contribution in [-0.4, -0.2) is 27.8 Å². The van der Waals surface area contributed by atoms with Crippen molar-refractivity contribution in [3.05, 3.63) is 64.3 Å². The maximum absolute atomic E-state index is 13.1. The number of anilines is 1. The predicted octanol–water partition coefficient (Wildman–Crippen LogP) is 5.76. The number of rotatable bonds is 3. The first-order chi connectivity index (χ1) is 14.7. The topological polar surface area (TPSA) is 58.4 Å². The zero-order valence-corrected chi connectivity index (χ0v) is 17.1. The summed E-state index contributed by atoms with van der Waals surface area (Å²) in [6, 6.07) is 7.09. The number of benzene rings is 2. The van der Waals surface area contributed by atoms with Gasteiger partial charge in [-0.1, -0.05) is 11.6 Å². The first-order valence-electron chi connectivity index (χ1n) is 8.79. The normalized spacial score (nSPS) is 12.2. The van der Waals surface area contributed by atoms with Gasteiger partial charge in [-0.25, -0.2) is 0 Å². The lowest BCUT2D eigenvalue weighted by atomic mass is 10.1. The van der Waals surface area contributed by atoms with Crippen LogP contribution in [0.25, 0.3) is 11.3 Å². The summed E-state index contributed by atoms with van der Waals surface area (Å²) in [7, 11) is 2.32. The summed E-state index contributed by atoms with van der Waals surface area (Å²) in [5.41, 5.74) is -2.59. The van der Waals surface area contributed by atoms with E-state index in [1.807, 2.05) is 0 Å². The molecule has 0 bridgehead atoms. The molecule has 0 saturated heterocycles. The Kier molecular flexibility index (Phi) is 5.90. The van der Waals surface area contributed by atoms with Crippen LogP contribution in [0.1, 0.15) is 21.6 Å². The third-order valence-electron chi connectivity index (χ3n) is 4.64. The van der Waals surface area contributed by atoms with Gasteiger partial charge in [0.2, 0.25) is 0 Å². The zero-order valence-electron chi connectivity index (χ0n) is 16.4. The molecule has 2 aromatic carbocycles. The molecule has 0 aliphatic heterocycles. The third-order valence-corrected chi connectivity index (χ3v) is 4.97. The number of aromatic hydroxyl groups is 1. The van der Waals surface area contributed by atoms with E-state index in [1.54, 1.807) is 0 Å². The van der Waals surface area contributed by atoms with Crippen molar-refractivity contribution in [2.45, 2.75) is 12.4 Å². The minimum atomic E-state index is -4.73. The predicted molar refractivity (Wildman–Crippen MR) is 104 cm³/mol. The fourth-order valence-corrected chi connectivity index (χ4v) is 3.22. The van der Waals surface area contributed by atoms with E-state index in [9.17, 15) is 36.2 Å². The number of carbonyl (C=O) groups excluding carboxylic acids is 1. The van der Waals surface area contributed by atoms with Gasteiger partial charge in [0.25, 0.3) is 5.91 Å². The molecule has 170 valence electrons. The van der Waals surface area contributed by atoms with Gasteiger partial charge >= 0.3 is 12.4 Å². The molecule has 3 aromatic rings. The minimum absolute atomic E-state index is 0.0545. The number of phenols is 1. The number of aromatic nitrogens is 2. The van der Waals surface area contributed by atoms with Gasteiger partial charge in [-0.3, -0.25) is 9.48 Å². The molecule has 0 spiro atoms. The molecule has 0 atom stereocenters. The summed E-state index contributed by atoms with van der Waals surface area (Å²) >= 11 is 5.58. The van der Waals surface area contributed by atoms with Gasteiger partial charge in [0.1, 0.15) is 11.4 Å². The van der Waals surface area contributed by atoms with Crippen LogP contribution in [0.3, 0.4) is 0 Å². The molecule has 3 rings (SSSR count). The zero-order chi connectivity index (χ0) is 24.0. The summed E-state index contributed by atoms with van der Waals surface area (Å²) in [6.45, 7) is 0. The van der Waals surface area contributed by atoms with Gasteiger partial charge in [0, 0.05) is 30.9 Å². The van der Waals surface area contributed by atoms with Gasteiger partial charge in [-0.2, -0.15) is 31.4 Å². The van der Waals surface area contributed by atoms with Crippen molar-refractivity contribution in [1.29, 1.82) is 0 Å². The van der Waals surface area contributed by atoms with Gasteiger partial charge < -0.3 is 10.0 Å². The molecule has 0 unspecified atom stereocenters. The van der Waals surface area contributed by atoms with Crippen LogP contribution in [-0.2, 0) is 19.4 Å². The second-order valence-electron chi connectivity index (χ2n) is 6.79. The first kappa shape index (κ1) is 23.5. The number of aryl methyl sites for hydroxylation is 1. The number of alkyl halides is 6. The van der Waals surface area contributed by atoms with E-state index in [2.05, 4.69) is 5.10 Å². The molecule has 0 radical (unpaired) electrons. The Labute approximate surface area is 182 Å². The average molecular weight is 478 g/mol. The quantitative estimate of drug-likeness (QED) is 0.488. The van der Waals surface area contributed by atoms with Gasteiger partial charge in [0.05, 0.1) is 16.3 Å². The lowest BCUT2D eigenvalue weighted by Gasteiger charge is -2.20. The van der Waals surface area contributed by atoms with Crippen molar-refractivity contribution in [1.82, 2.24) is 9.78 Å². The van der Waals surface area contributed by atoms with E-state index in [0.29, 0.717) is 10.7 Å². The fourth-order valence-electron chi connectivity index (χ4n) is 3.00. The Bertz CT molecular complexity index is 1190. The largest absolute Gasteiger partial charge is 0.507 e. The average Bonchev–Trinajstić information content (AvgIpc) is 3.08. The second kappa shape index (κ2) is 8.05. The number of halogens is 7. The maximum atomic E-state index is 13.1. The third kappa shape index (κ3) is 4.52. The molecule has 1 amide bonds. The van der Waals surface area contributed by atoms with Crippen LogP contribution in [0.4, 0.5) is 32.0 Å². The monoisotopic (exact) mass is 477 g/mol. The highest BCUT2D eigenvalue weighted by atomic mass is 35.5. The number of hydrogen-bond donors (Lipinski definition) is 1. The number of phenolic OH excluding ortho intramolecular Hbond substituents is 1. The number of amides is 1. The Hall–Kier alpha value is -3.21. The fraction of sp³-hybridized carbons (Fsp3) is 0.200. The summed E-state index contributed by atoms with van der Waals surface area (Å²) in [5.74, 6) is -1.29. The molecule has 12 heteroatoms. The van der Waals surface area contributed by atoms with Crippen molar-refractivity contribution >= 4 is 23.2 Å². The van der Waals surface area contributed by atoms with Crippen LogP contribution in [0.2, 0.25) is 5.02 Å². The molecular formula is C20H14ClF6N3O2. The van der Waals surface area contributed by atoms with Crippen molar-refractivity contribution < 1.29 is 36.2 Å². The highest BCUT2D eigenvalue weighted by Crippen LogP contribution is 2.38. The SMILES string of the molecule is CN(C(=O)c1ccc(-c2cc(C(F)(F)F)n(C)n2)c(O)c1)c1ccc(Cl)c(C(F)(F)F)c1. The molecule has 5 nitrogen and oxygen atoms in total. The van der Waals surface area contributed by atoms with Gasteiger partial charge in [-0.05, 0) is 42.5 Å². The number of carbonyl (C=O) groups is 1. The Morgan fingerprint density at radius 1 is 1.03 bits per heavy atom. The Morgan fingerprint density at radius 2 is 1.69 bits per heavy atom. The van der Waals surface area contributed by atoms with Crippen molar-refractivity contribution in [3.63, 3.8) is 0 Å². The molecule has 0 aliphatic rings. The van der Waals surface area contributed by atoms with E-state index >= 15 is 0 Å². The molecule has 1 heterocycles. The molecule has 0 saturated carbocycles. The van der Waals surface area contributed by atoms with E-state index in [1.165, 1.54) is 25.2 Å². The molecule has 0 fully saturated rings. The highest BCUT2D eigenvalue weighted by Gasteiger charge is 2.36. The van der Waals surface area contributed by atoms with Gasteiger partial charge in [0.15, 0.2) is 0 Å². The summed E-state index contributed by atoms with van der Waals surface area (Å²) in [5, 5.41) is 13.5. The van der Waals surface area contributed by atoms with E-state index in [0.717, 1.165) is 30.1 Å². The lowest BCUT2D eigenvalue weighted by Crippen LogP contribution is -2.26. The molecule has 1 aromatic heterocycles.